The summed E-state index contributed by atoms with van der Waals surface area (Å²) in [6.07, 6.45) is -1.22. The van der Waals surface area contributed by atoms with Gasteiger partial charge in [-0.15, -0.1) is 0 Å². The molecule has 2 aromatic rings. The highest BCUT2D eigenvalue weighted by atomic mass is 35.5. The van der Waals surface area contributed by atoms with Gasteiger partial charge in [0.15, 0.2) is 28.2 Å². The summed E-state index contributed by atoms with van der Waals surface area (Å²) in [6, 6.07) is 7.72. The molecular weight excluding hydrogens is 528 g/mol. The van der Waals surface area contributed by atoms with E-state index in [4.69, 9.17) is 25.8 Å². The third kappa shape index (κ3) is 6.17. The highest BCUT2D eigenvalue weighted by Gasteiger charge is 2.37. The Morgan fingerprint density at radius 3 is 2.27 bits per heavy atom. The van der Waals surface area contributed by atoms with Crippen molar-refractivity contribution in [1.82, 2.24) is 4.90 Å². The first-order valence-electron chi connectivity index (χ1n) is 11.2. The second-order valence-corrected chi connectivity index (χ2v) is 10.9. The van der Waals surface area contributed by atoms with Crippen LogP contribution in [-0.4, -0.2) is 72.9 Å². The molecule has 2 fully saturated rings. The van der Waals surface area contributed by atoms with Gasteiger partial charge in [0.1, 0.15) is 25.3 Å². The van der Waals surface area contributed by atoms with Crippen molar-refractivity contribution in [2.24, 2.45) is 0 Å². The SMILES string of the molecule is CC(C)(C)OC(=O)N1CC(=O)N(c2ccc(N3CC(COC(=O)[n+]4ccc(Cl)s4)OC3=O)cc2)C(=O)C1. The molecule has 12 nitrogen and oxygen atoms in total. The smallest absolute Gasteiger partial charge is 0.444 e. The average molecular weight is 552 g/mol. The molecule has 2 aliphatic heterocycles. The Morgan fingerprint density at radius 2 is 1.70 bits per heavy atom. The van der Waals surface area contributed by atoms with Crippen molar-refractivity contribution in [3.8, 4) is 0 Å². The summed E-state index contributed by atoms with van der Waals surface area (Å²) >= 11 is 6.81. The van der Waals surface area contributed by atoms with Crippen LogP contribution < -0.4 is 13.8 Å². The number of hydrogen-bond acceptors (Lipinski definition) is 9. The first-order chi connectivity index (χ1) is 17.4. The lowest BCUT2D eigenvalue weighted by Crippen LogP contribution is -2.56. The quantitative estimate of drug-likeness (QED) is 0.322. The number of aromatic nitrogens is 1. The Bertz CT molecular complexity index is 1220. The van der Waals surface area contributed by atoms with Gasteiger partial charge < -0.3 is 14.2 Å². The Kier molecular flexibility index (Phi) is 7.37. The van der Waals surface area contributed by atoms with Crippen LogP contribution in [0.5, 0.6) is 0 Å². The van der Waals surface area contributed by atoms with Gasteiger partial charge in [-0.05, 0) is 49.0 Å². The maximum atomic E-state index is 12.7. The number of carbonyl (C=O) groups excluding carboxylic acids is 5. The lowest BCUT2D eigenvalue weighted by atomic mass is 10.2. The Morgan fingerprint density at radius 1 is 1.08 bits per heavy atom. The molecule has 0 radical (unpaired) electrons. The fourth-order valence-electron chi connectivity index (χ4n) is 3.61. The van der Waals surface area contributed by atoms with E-state index in [1.807, 2.05) is 0 Å². The number of anilines is 2. The standard InChI is InChI=1S/C23H24ClN4O8S/c1-23(2,3)36-20(31)25-11-18(29)28(19(30)12-25)15-6-4-14(5-7-15)26-10-16(35-21(26)32)13-34-22(33)27-9-8-17(24)37-27/h4-9,16H,10-13H2,1-3H3/q+1. The molecule has 1 unspecified atom stereocenters. The summed E-state index contributed by atoms with van der Waals surface area (Å²) < 4.78 is 17.3. The largest absolute Gasteiger partial charge is 0.616 e. The molecular formula is C23H24ClN4O8S+. The lowest BCUT2D eigenvalue weighted by Gasteiger charge is -2.33. The summed E-state index contributed by atoms with van der Waals surface area (Å²) in [5.41, 5.74) is 0.00626. The van der Waals surface area contributed by atoms with E-state index in [-0.39, 0.29) is 26.2 Å². The molecule has 0 saturated carbocycles. The van der Waals surface area contributed by atoms with Crippen LogP contribution >= 0.6 is 23.1 Å². The number of ether oxygens (including phenoxy) is 3. The third-order valence-electron chi connectivity index (χ3n) is 5.20. The molecule has 4 rings (SSSR count). The summed E-state index contributed by atoms with van der Waals surface area (Å²) in [7, 11) is 0. The van der Waals surface area contributed by atoms with Crippen LogP contribution in [-0.2, 0) is 23.8 Å². The van der Waals surface area contributed by atoms with Crippen molar-refractivity contribution < 1.29 is 42.1 Å². The minimum absolute atomic E-state index is 0.133. The Labute approximate surface area is 221 Å². The van der Waals surface area contributed by atoms with Gasteiger partial charge in [-0.3, -0.25) is 19.4 Å². The van der Waals surface area contributed by atoms with Crippen LogP contribution in [0.4, 0.5) is 25.8 Å². The number of nitrogens with zero attached hydrogens (tertiary/aromatic N) is 4. The number of imide groups is 1. The maximum Gasteiger partial charge on any atom is 0.616 e. The van der Waals surface area contributed by atoms with Gasteiger partial charge in [-0.1, -0.05) is 11.6 Å². The van der Waals surface area contributed by atoms with E-state index in [2.05, 4.69) is 0 Å². The number of cyclic esters (lactones) is 1. The zero-order chi connectivity index (χ0) is 26.9. The van der Waals surface area contributed by atoms with E-state index in [0.29, 0.717) is 15.7 Å². The van der Waals surface area contributed by atoms with E-state index in [1.54, 1.807) is 39.0 Å². The van der Waals surface area contributed by atoms with Crippen LogP contribution in [0.15, 0.2) is 36.5 Å². The molecule has 3 heterocycles. The molecule has 2 saturated heterocycles. The minimum atomic E-state index is -0.759. The molecule has 196 valence electrons. The van der Waals surface area contributed by atoms with Crippen LogP contribution in [0.1, 0.15) is 20.8 Å². The average Bonchev–Trinajstić information content (AvgIpc) is 3.41. The normalized spacial score (nSPS) is 18.2. The van der Waals surface area contributed by atoms with Gasteiger partial charge in [0.05, 0.1) is 12.2 Å². The van der Waals surface area contributed by atoms with Crippen LogP contribution in [0, 0.1) is 0 Å². The fraction of sp³-hybridized carbons (Fsp3) is 0.391. The topological polar surface area (TPSA) is 127 Å². The molecule has 0 N–H and O–H groups in total. The maximum absolute atomic E-state index is 12.7. The van der Waals surface area contributed by atoms with Gasteiger partial charge in [-0.2, -0.15) is 4.79 Å². The summed E-state index contributed by atoms with van der Waals surface area (Å²) in [4.78, 5) is 65.4. The predicted octanol–water partition coefficient (Wildman–Crippen LogP) is 2.81. The number of benzene rings is 1. The molecule has 1 atom stereocenters. The molecule has 0 aliphatic carbocycles. The van der Waals surface area contributed by atoms with Gasteiger partial charge in [0.2, 0.25) is 0 Å². The highest BCUT2D eigenvalue weighted by molar-refractivity contribution is 7.07. The fourth-order valence-corrected chi connectivity index (χ4v) is 4.45. The number of amides is 4. The summed E-state index contributed by atoms with van der Waals surface area (Å²) in [6.45, 7) is 4.45. The van der Waals surface area contributed by atoms with Crippen molar-refractivity contribution >= 4 is 64.6 Å². The first-order valence-corrected chi connectivity index (χ1v) is 12.3. The monoisotopic (exact) mass is 551 g/mol. The van der Waals surface area contributed by atoms with Crippen molar-refractivity contribution in [3.05, 3.63) is 40.9 Å². The first kappa shape index (κ1) is 26.4. The van der Waals surface area contributed by atoms with Crippen molar-refractivity contribution in [2.45, 2.75) is 32.5 Å². The number of carbonyl (C=O) groups is 5. The minimum Gasteiger partial charge on any atom is -0.444 e. The van der Waals surface area contributed by atoms with E-state index in [1.165, 1.54) is 27.2 Å². The van der Waals surface area contributed by atoms with E-state index in [0.717, 1.165) is 21.3 Å². The van der Waals surface area contributed by atoms with Crippen molar-refractivity contribution in [1.29, 1.82) is 0 Å². The van der Waals surface area contributed by atoms with E-state index >= 15 is 0 Å². The molecule has 0 bridgehead atoms. The molecule has 4 amide bonds. The second-order valence-electron chi connectivity index (χ2n) is 9.21. The molecule has 14 heteroatoms. The van der Waals surface area contributed by atoms with E-state index in [9.17, 15) is 24.0 Å². The summed E-state index contributed by atoms with van der Waals surface area (Å²) in [5, 5.41) is 0. The predicted molar refractivity (Wildman–Crippen MR) is 131 cm³/mol. The van der Waals surface area contributed by atoms with Crippen LogP contribution in [0.25, 0.3) is 0 Å². The van der Waals surface area contributed by atoms with Gasteiger partial charge in [-0.25, -0.2) is 14.5 Å². The van der Waals surface area contributed by atoms with Crippen molar-refractivity contribution in [2.75, 3.05) is 36.0 Å². The number of hydrogen-bond donors (Lipinski definition) is 0. The second kappa shape index (κ2) is 10.3. The number of halogens is 1. The molecule has 0 spiro atoms. The number of rotatable bonds is 4. The van der Waals surface area contributed by atoms with Gasteiger partial charge in [0, 0.05) is 11.8 Å². The molecule has 1 aromatic heterocycles. The van der Waals surface area contributed by atoms with Gasteiger partial charge >= 0.3 is 18.3 Å². The molecule has 2 aliphatic rings. The lowest BCUT2D eigenvalue weighted by molar-refractivity contribution is -0.513. The van der Waals surface area contributed by atoms with Crippen LogP contribution in [0.3, 0.4) is 0 Å². The molecule has 37 heavy (non-hydrogen) atoms. The van der Waals surface area contributed by atoms with Crippen molar-refractivity contribution in [3.63, 3.8) is 0 Å². The highest BCUT2D eigenvalue weighted by Crippen LogP contribution is 2.26. The Balaban J connectivity index is 1.35. The zero-order valence-corrected chi connectivity index (χ0v) is 21.8. The molecule has 1 aromatic carbocycles. The Hall–Kier alpha value is -3.71. The zero-order valence-electron chi connectivity index (χ0n) is 20.2. The summed E-state index contributed by atoms with van der Waals surface area (Å²) in [5.74, 6) is -1.16. The van der Waals surface area contributed by atoms with E-state index < -0.39 is 41.8 Å². The van der Waals surface area contributed by atoms with Crippen LogP contribution in [0.2, 0.25) is 4.34 Å². The third-order valence-corrected chi connectivity index (χ3v) is 6.31. The number of piperazine rings is 1. The van der Waals surface area contributed by atoms with Gasteiger partial charge in [0.25, 0.3) is 11.8 Å².